The number of carbonyl (C=O) groups excluding carboxylic acids is 3. The molecular formula is C13H24NO3V-3. The predicted molar refractivity (Wildman–Crippen MR) is 69.9 cm³/mol. The first kappa shape index (κ1) is 25.9. The molecule has 18 heavy (non-hydrogen) atoms. The molecule has 0 aliphatic rings. The first-order valence-corrected chi connectivity index (χ1v) is 5.12. The molecule has 0 aromatic heterocycles. The van der Waals surface area contributed by atoms with E-state index in [-0.39, 0.29) is 55.4 Å². The van der Waals surface area contributed by atoms with Crippen molar-refractivity contribution in [3.8, 4) is 0 Å². The molecule has 1 radical (unpaired) electrons. The number of Topliss-reactive ketones (excluding diaryl/α,β-unsaturated/α-hetero) is 2. The third-order valence-corrected chi connectivity index (χ3v) is 1.81. The van der Waals surface area contributed by atoms with E-state index in [4.69, 9.17) is 0 Å². The van der Waals surface area contributed by atoms with Crippen molar-refractivity contribution in [2.24, 2.45) is 5.92 Å². The quantitative estimate of drug-likeness (QED) is 0.804. The minimum absolute atomic E-state index is 0. The molecule has 0 saturated heterocycles. The van der Waals surface area contributed by atoms with Crippen molar-refractivity contribution in [1.82, 2.24) is 5.32 Å². The number of carbonyl (C=O) groups is 3. The second-order valence-corrected chi connectivity index (χ2v) is 3.92. The fourth-order valence-electron chi connectivity index (χ4n) is 1.03. The normalized spacial score (nSPS) is 11.3. The van der Waals surface area contributed by atoms with Crippen molar-refractivity contribution in [2.75, 3.05) is 0 Å². The molecule has 0 saturated carbocycles. The van der Waals surface area contributed by atoms with Crippen molar-refractivity contribution < 1.29 is 32.9 Å². The molecule has 4 nitrogen and oxygen atoms in total. The summed E-state index contributed by atoms with van der Waals surface area (Å²) in [6, 6.07) is 0.0221. The Morgan fingerprint density at radius 1 is 1.11 bits per heavy atom. The van der Waals surface area contributed by atoms with Gasteiger partial charge in [0.25, 0.3) is 0 Å². The summed E-state index contributed by atoms with van der Waals surface area (Å²) in [6.07, 6.45) is 0.677. The molecule has 0 rings (SSSR count). The molecule has 0 aliphatic heterocycles. The number of rotatable bonds is 4. The van der Waals surface area contributed by atoms with Crippen LogP contribution in [0, 0.1) is 27.2 Å². The van der Waals surface area contributed by atoms with Gasteiger partial charge in [0.1, 0.15) is 5.78 Å². The fraction of sp³-hybridized carbons (Fsp3) is 0.538. The topological polar surface area (TPSA) is 63.2 Å². The Morgan fingerprint density at radius 3 is 1.67 bits per heavy atom. The summed E-state index contributed by atoms with van der Waals surface area (Å²) < 4.78 is 0. The minimum Gasteiger partial charge on any atom is -0.379 e. The van der Waals surface area contributed by atoms with E-state index in [0.29, 0.717) is 6.42 Å². The van der Waals surface area contributed by atoms with Crippen LogP contribution in [0.15, 0.2) is 0 Å². The summed E-state index contributed by atoms with van der Waals surface area (Å²) in [5, 5.41) is 2.63. The third kappa shape index (κ3) is 24.4. The van der Waals surface area contributed by atoms with Gasteiger partial charge in [-0.05, 0) is 33.0 Å². The maximum absolute atomic E-state index is 10.8. The summed E-state index contributed by atoms with van der Waals surface area (Å²) in [7, 11) is 0. The first-order valence-electron chi connectivity index (χ1n) is 5.12. The van der Waals surface area contributed by atoms with Gasteiger partial charge >= 0.3 is 0 Å². The van der Waals surface area contributed by atoms with E-state index >= 15 is 0 Å². The van der Waals surface area contributed by atoms with Crippen LogP contribution in [0.4, 0.5) is 0 Å². The first-order chi connectivity index (χ1) is 7.16. The molecule has 0 bridgehead atoms. The Hall–Kier alpha value is -0.866. The van der Waals surface area contributed by atoms with Crippen molar-refractivity contribution in [2.45, 2.75) is 40.2 Å². The molecule has 0 fully saturated rings. The van der Waals surface area contributed by atoms with Crippen molar-refractivity contribution in [3.05, 3.63) is 21.3 Å². The van der Waals surface area contributed by atoms with Gasteiger partial charge in [-0.15, -0.1) is 0 Å². The van der Waals surface area contributed by atoms with E-state index < -0.39 is 0 Å². The molecule has 2 unspecified atom stereocenters. The summed E-state index contributed by atoms with van der Waals surface area (Å²) in [5.41, 5.74) is 0. The molecule has 0 aromatic rings. The zero-order valence-electron chi connectivity index (χ0n) is 11.9. The van der Waals surface area contributed by atoms with Crippen LogP contribution in [0.25, 0.3) is 0 Å². The van der Waals surface area contributed by atoms with Crippen molar-refractivity contribution in [1.29, 1.82) is 0 Å². The average Bonchev–Trinajstić information content (AvgIpc) is 2.00. The van der Waals surface area contributed by atoms with Crippen LogP contribution >= 0.6 is 0 Å². The number of ketones is 2. The Morgan fingerprint density at radius 2 is 1.44 bits per heavy atom. The standard InChI is InChI=1S/C9H16NO2.C3H5O.CH3.V/c1-6(8(3)11)5-7(2)10-9(4)12;1-3(2)4;;/h6-7H,4-5H2,1-3H3,(H,10,12);1H2,2H3;1H3;/q3*-1;. The minimum atomic E-state index is -0.293. The van der Waals surface area contributed by atoms with Gasteiger partial charge in [0.05, 0.1) is 5.91 Å². The number of nitrogens with one attached hydrogen (secondary N) is 1. The van der Waals surface area contributed by atoms with Crippen LogP contribution < -0.4 is 5.32 Å². The molecule has 5 heteroatoms. The second kappa shape index (κ2) is 14.2. The van der Waals surface area contributed by atoms with Crippen LogP contribution in [0.3, 0.4) is 0 Å². The van der Waals surface area contributed by atoms with E-state index in [1.807, 2.05) is 13.8 Å². The third-order valence-electron chi connectivity index (χ3n) is 1.81. The molecule has 0 spiro atoms. The van der Waals surface area contributed by atoms with Gasteiger partial charge in [-0.1, -0.05) is 6.92 Å². The Bertz CT molecular complexity index is 251. The summed E-state index contributed by atoms with van der Waals surface area (Å²) in [5.74, 6) is -0.217. The van der Waals surface area contributed by atoms with E-state index in [1.54, 1.807) is 6.92 Å². The maximum Gasteiger partial charge on any atom is 0.132 e. The van der Waals surface area contributed by atoms with Gasteiger partial charge in [-0.2, -0.15) is 0 Å². The van der Waals surface area contributed by atoms with Crippen LogP contribution in [-0.2, 0) is 32.9 Å². The smallest absolute Gasteiger partial charge is 0.132 e. The van der Waals surface area contributed by atoms with Gasteiger partial charge < -0.3 is 36.2 Å². The molecule has 2 atom stereocenters. The molecule has 1 N–H and O–H groups in total. The second-order valence-electron chi connectivity index (χ2n) is 3.92. The van der Waals surface area contributed by atoms with E-state index in [9.17, 15) is 14.4 Å². The van der Waals surface area contributed by atoms with Gasteiger partial charge in [-0.3, -0.25) is 4.79 Å². The van der Waals surface area contributed by atoms with Gasteiger partial charge in [0.15, 0.2) is 0 Å². The van der Waals surface area contributed by atoms with E-state index in [1.165, 1.54) is 6.92 Å². The summed E-state index contributed by atoms with van der Waals surface area (Å²) in [6.45, 7) is 12.9. The number of hydrogen-bond acceptors (Lipinski definition) is 3. The zero-order valence-corrected chi connectivity index (χ0v) is 13.3. The van der Waals surface area contributed by atoms with E-state index in [0.717, 1.165) is 0 Å². The van der Waals surface area contributed by atoms with Crippen LogP contribution in [-0.4, -0.2) is 23.5 Å². The average molecular weight is 293 g/mol. The predicted octanol–water partition coefficient (Wildman–Crippen LogP) is 1.80. The molecule has 1 amide bonds. The largest absolute Gasteiger partial charge is 0.379 e. The zero-order chi connectivity index (χ0) is 13.3. The summed E-state index contributed by atoms with van der Waals surface area (Å²) >= 11 is 0. The Labute approximate surface area is 123 Å². The SMILES string of the molecule is [CH2-]C(=O)NC(C)CC(C)C(C)=O.[CH2-]C(C)=O.[CH3-].[V]. The number of amides is 1. The van der Waals surface area contributed by atoms with Gasteiger partial charge in [-0.25, -0.2) is 0 Å². The monoisotopic (exact) mass is 293 g/mol. The molecule has 0 aromatic carbocycles. The van der Waals surface area contributed by atoms with Crippen molar-refractivity contribution >= 4 is 17.5 Å². The van der Waals surface area contributed by atoms with Crippen molar-refractivity contribution in [3.63, 3.8) is 0 Å². The number of hydrogen-bond donors (Lipinski definition) is 1. The summed E-state index contributed by atoms with van der Waals surface area (Å²) in [4.78, 5) is 30.7. The Balaban J connectivity index is -0.000000143. The van der Waals surface area contributed by atoms with Crippen LogP contribution in [0.2, 0.25) is 0 Å². The molecule has 107 valence electrons. The van der Waals surface area contributed by atoms with Crippen LogP contribution in [0.5, 0.6) is 0 Å². The molecular weight excluding hydrogens is 269 g/mol. The van der Waals surface area contributed by atoms with E-state index in [2.05, 4.69) is 19.2 Å². The Kier molecular flexibility index (Phi) is 20.4. The fourth-order valence-corrected chi connectivity index (χ4v) is 1.03. The maximum atomic E-state index is 10.8. The molecule has 0 heterocycles. The molecule has 0 aliphatic carbocycles. The van der Waals surface area contributed by atoms with Crippen LogP contribution in [0.1, 0.15) is 34.1 Å². The van der Waals surface area contributed by atoms with Gasteiger partial charge in [0.2, 0.25) is 0 Å². The van der Waals surface area contributed by atoms with Gasteiger partial charge in [0, 0.05) is 30.5 Å².